The van der Waals surface area contributed by atoms with E-state index >= 15 is 0 Å². The summed E-state index contributed by atoms with van der Waals surface area (Å²) in [6, 6.07) is 7.14. The van der Waals surface area contributed by atoms with Gasteiger partial charge in [-0.2, -0.15) is 0 Å². The summed E-state index contributed by atoms with van der Waals surface area (Å²) in [5.41, 5.74) is 1.43. The highest BCUT2D eigenvalue weighted by molar-refractivity contribution is 8.21. The monoisotopic (exact) mass is 358 g/mol. The van der Waals surface area contributed by atoms with Crippen LogP contribution in [0.2, 0.25) is 10.3 Å². The third kappa shape index (κ3) is 3.86. The Morgan fingerprint density at radius 2 is 1.81 bits per heavy atom. The van der Waals surface area contributed by atoms with E-state index < -0.39 is 0 Å². The first kappa shape index (κ1) is 16.5. The predicted octanol–water partition coefficient (Wildman–Crippen LogP) is 4.93. The van der Waals surface area contributed by atoms with Crippen LogP contribution in [0, 0.1) is 0 Å². The Kier molecular flexibility index (Phi) is 5.81. The summed E-state index contributed by atoms with van der Waals surface area (Å²) in [4.78, 5) is 16.0. The van der Waals surface area contributed by atoms with Gasteiger partial charge < -0.3 is 0 Å². The van der Waals surface area contributed by atoms with Crippen molar-refractivity contribution >= 4 is 52.5 Å². The molecule has 1 aromatic carbocycles. The Bertz CT molecular complexity index is 675. The van der Waals surface area contributed by atoms with E-state index in [4.69, 9.17) is 23.2 Å². The number of aromatic nitrogens is 2. The quantitative estimate of drug-likeness (QED) is 0.560. The van der Waals surface area contributed by atoms with Gasteiger partial charge in [0.05, 0.1) is 0 Å². The van der Waals surface area contributed by atoms with E-state index in [0.717, 1.165) is 9.92 Å². The predicted molar refractivity (Wildman–Crippen MR) is 93.0 cm³/mol. The fraction of sp³-hybridized carbons (Fsp3) is 0.143. The van der Waals surface area contributed by atoms with Gasteiger partial charge in [-0.15, -0.1) is 23.5 Å². The highest BCUT2D eigenvalue weighted by Gasteiger charge is 2.09. The summed E-state index contributed by atoms with van der Waals surface area (Å²) < 4.78 is 2.64. The van der Waals surface area contributed by atoms with Crippen LogP contribution in [-0.2, 0) is 0 Å². The maximum absolute atomic E-state index is 12.1. The molecule has 0 N–H and O–H groups in total. The molecule has 0 unspecified atom stereocenters. The summed E-state index contributed by atoms with van der Waals surface area (Å²) in [6.45, 7) is 0. The van der Waals surface area contributed by atoms with Gasteiger partial charge in [-0.3, -0.25) is 9.36 Å². The molecule has 7 heteroatoms. The standard InChI is InChI=1S/C14H12Cl2N2OS2/c1-20-12(21-2)7-11(19)9-3-5-10(6-4-9)18-8-17-13(15)14(18)16/h3-8H,1-2H3. The van der Waals surface area contributed by atoms with Gasteiger partial charge in [-0.05, 0) is 36.8 Å². The summed E-state index contributed by atoms with van der Waals surface area (Å²) in [7, 11) is 0. The molecule has 0 fully saturated rings. The molecule has 0 saturated carbocycles. The number of halogens is 2. The van der Waals surface area contributed by atoms with E-state index in [2.05, 4.69) is 4.98 Å². The number of imidazole rings is 1. The number of ketones is 1. The van der Waals surface area contributed by atoms with Gasteiger partial charge in [0.1, 0.15) is 6.33 Å². The second-order valence-corrected chi connectivity index (χ2v) is 6.65. The van der Waals surface area contributed by atoms with Crippen LogP contribution in [0.15, 0.2) is 40.9 Å². The van der Waals surface area contributed by atoms with Crippen molar-refractivity contribution in [3.8, 4) is 5.69 Å². The number of nitrogens with zero attached hydrogens (tertiary/aromatic N) is 2. The molecule has 2 rings (SSSR count). The topological polar surface area (TPSA) is 34.9 Å². The molecule has 0 bridgehead atoms. The molecule has 1 heterocycles. The fourth-order valence-electron chi connectivity index (χ4n) is 1.67. The van der Waals surface area contributed by atoms with Crippen molar-refractivity contribution in [1.29, 1.82) is 0 Å². The number of rotatable bonds is 5. The zero-order valence-corrected chi connectivity index (χ0v) is 14.5. The number of allylic oxidation sites excluding steroid dienone is 1. The lowest BCUT2D eigenvalue weighted by molar-refractivity contribution is 0.104. The summed E-state index contributed by atoms with van der Waals surface area (Å²) in [5.74, 6) is -0.0185. The van der Waals surface area contributed by atoms with Crippen molar-refractivity contribution in [2.75, 3.05) is 12.5 Å². The maximum Gasteiger partial charge on any atom is 0.187 e. The second-order valence-electron chi connectivity index (χ2n) is 3.98. The third-order valence-corrected chi connectivity index (χ3v) is 5.52. The summed E-state index contributed by atoms with van der Waals surface area (Å²) >= 11 is 15.0. The zero-order valence-electron chi connectivity index (χ0n) is 11.3. The molecule has 0 saturated heterocycles. The Labute approximate surface area is 141 Å². The lowest BCUT2D eigenvalue weighted by Gasteiger charge is -2.05. The Hall–Kier alpha value is -0.880. The Morgan fingerprint density at radius 1 is 1.19 bits per heavy atom. The first-order valence-corrected chi connectivity index (χ1v) is 9.10. The van der Waals surface area contributed by atoms with E-state index in [1.54, 1.807) is 52.6 Å². The molecular formula is C14H12Cl2N2OS2. The number of hydrogen-bond acceptors (Lipinski definition) is 4. The van der Waals surface area contributed by atoms with Gasteiger partial charge in [0.2, 0.25) is 0 Å². The third-order valence-electron chi connectivity index (χ3n) is 2.75. The zero-order chi connectivity index (χ0) is 15.4. The molecule has 0 spiro atoms. The molecule has 0 radical (unpaired) electrons. The van der Waals surface area contributed by atoms with Gasteiger partial charge in [0.15, 0.2) is 16.1 Å². The fourth-order valence-corrected chi connectivity index (χ4v) is 3.11. The lowest BCUT2D eigenvalue weighted by atomic mass is 10.1. The second kappa shape index (κ2) is 7.40. The molecule has 3 nitrogen and oxygen atoms in total. The number of benzene rings is 1. The van der Waals surface area contributed by atoms with Gasteiger partial charge in [0, 0.05) is 21.6 Å². The lowest BCUT2D eigenvalue weighted by Crippen LogP contribution is -1.97. The molecule has 0 aliphatic heterocycles. The number of carbonyl (C=O) groups is 1. The number of carbonyl (C=O) groups excluding carboxylic acids is 1. The summed E-state index contributed by atoms with van der Waals surface area (Å²) in [5, 5.41) is 0.604. The Balaban J connectivity index is 2.25. The van der Waals surface area contributed by atoms with E-state index in [0.29, 0.717) is 10.7 Å². The van der Waals surface area contributed by atoms with Crippen LogP contribution in [0.25, 0.3) is 5.69 Å². The van der Waals surface area contributed by atoms with Crippen LogP contribution in [-0.4, -0.2) is 27.8 Å². The van der Waals surface area contributed by atoms with Crippen molar-refractivity contribution in [2.24, 2.45) is 0 Å². The average molecular weight is 359 g/mol. The summed E-state index contributed by atoms with van der Waals surface area (Å²) in [6.07, 6.45) is 7.08. The highest BCUT2D eigenvalue weighted by atomic mass is 35.5. The van der Waals surface area contributed by atoms with Gasteiger partial charge in [0.25, 0.3) is 0 Å². The smallest absolute Gasteiger partial charge is 0.187 e. The molecule has 0 atom stereocenters. The van der Waals surface area contributed by atoms with Crippen LogP contribution in [0.1, 0.15) is 10.4 Å². The van der Waals surface area contributed by atoms with Gasteiger partial charge in [-0.1, -0.05) is 23.2 Å². The van der Waals surface area contributed by atoms with E-state index in [1.165, 1.54) is 0 Å². The van der Waals surface area contributed by atoms with Crippen molar-refractivity contribution in [3.05, 3.63) is 56.8 Å². The van der Waals surface area contributed by atoms with Crippen LogP contribution >= 0.6 is 46.7 Å². The molecule has 21 heavy (non-hydrogen) atoms. The van der Waals surface area contributed by atoms with Crippen molar-refractivity contribution in [3.63, 3.8) is 0 Å². The normalized spacial score (nSPS) is 10.5. The highest BCUT2D eigenvalue weighted by Crippen LogP contribution is 2.25. The first-order valence-electron chi connectivity index (χ1n) is 5.89. The minimum Gasteiger partial charge on any atom is -0.289 e. The first-order chi connectivity index (χ1) is 10.1. The van der Waals surface area contributed by atoms with Crippen LogP contribution < -0.4 is 0 Å². The molecule has 0 aliphatic rings. The SMILES string of the molecule is CSC(=CC(=O)c1ccc(-n2cnc(Cl)c2Cl)cc1)SC. The minimum atomic E-state index is -0.0185. The van der Waals surface area contributed by atoms with Crippen LogP contribution in [0.4, 0.5) is 0 Å². The number of thioether (sulfide) groups is 2. The van der Waals surface area contributed by atoms with Crippen molar-refractivity contribution in [1.82, 2.24) is 9.55 Å². The number of hydrogen-bond donors (Lipinski definition) is 0. The molecular weight excluding hydrogens is 347 g/mol. The van der Waals surface area contributed by atoms with E-state index in [1.807, 2.05) is 24.6 Å². The molecule has 0 amide bonds. The maximum atomic E-state index is 12.1. The van der Waals surface area contributed by atoms with E-state index in [-0.39, 0.29) is 10.9 Å². The molecule has 1 aromatic heterocycles. The molecule has 2 aromatic rings. The van der Waals surface area contributed by atoms with Gasteiger partial charge >= 0.3 is 0 Å². The van der Waals surface area contributed by atoms with Gasteiger partial charge in [-0.25, -0.2) is 4.98 Å². The van der Waals surface area contributed by atoms with Crippen LogP contribution in [0.5, 0.6) is 0 Å². The van der Waals surface area contributed by atoms with Crippen molar-refractivity contribution < 1.29 is 4.79 Å². The molecule has 0 aliphatic carbocycles. The minimum absolute atomic E-state index is 0.0185. The molecule has 110 valence electrons. The average Bonchev–Trinajstić information content (AvgIpc) is 2.84. The van der Waals surface area contributed by atoms with E-state index in [9.17, 15) is 4.79 Å². The Morgan fingerprint density at radius 3 is 2.29 bits per heavy atom. The van der Waals surface area contributed by atoms with Crippen LogP contribution in [0.3, 0.4) is 0 Å². The van der Waals surface area contributed by atoms with Crippen molar-refractivity contribution in [2.45, 2.75) is 0 Å². The largest absolute Gasteiger partial charge is 0.289 e.